The van der Waals surface area contributed by atoms with Crippen LogP contribution in [0.4, 0.5) is 0 Å². The first kappa shape index (κ1) is 8.37. The lowest BCUT2D eigenvalue weighted by atomic mass is 10.1. The number of thiocarbonyl (C=S) groups is 1. The van der Waals surface area contributed by atoms with Gasteiger partial charge in [-0.1, -0.05) is 30.3 Å². The quantitative estimate of drug-likeness (QED) is 0.671. The smallest absolute Gasteiger partial charge is 0.169 e. The fourth-order valence-electron chi connectivity index (χ4n) is 0.928. The van der Waals surface area contributed by atoms with Crippen LogP contribution in [0, 0.1) is 0 Å². The van der Waals surface area contributed by atoms with Gasteiger partial charge in [-0.25, -0.2) is 0 Å². The fourth-order valence-corrected chi connectivity index (χ4v) is 1.03. The molecular weight excluding hydrogens is 154 g/mol. The van der Waals surface area contributed by atoms with Gasteiger partial charge in [0.1, 0.15) is 0 Å². The highest BCUT2D eigenvalue weighted by atomic mass is 32.1. The average Bonchev–Trinajstić information content (AvgIpc) is 2.03. The predicted octanol–water partition coefficient (Wildman–Crippen LogP) is 1.19. The van der Waals surface area contributed by atoms with E-state index in [-0.39, 0.29) is 0 Å². The zero-order chi connectivity index (χ0) is 8.10. The lowest BCUT2D eigenvalue weighted by Crippen LogP contribution is -2.55. The van der Waals surface area contributed by atoms with Gasteiger partial charge in [0.05, 0.1) is 0 Å². The van der Waals surface area contributed by atoms with E-state index in [0.29, 0.717) is 0 Å². The van der Waals surface area contributed by atoms with Gasteiger partial charge in [-0.15, -0.1) is 0 Å². The standard InChI is InChI=1S/C9H11NS/c10-9(11)7-6-8-4-2-1-3-5-8/h1-5H,6-7H2,(H2,10,11)/p+1. The van der Waals surface area contributed by atoms with Crippen LogP contribution < -0.4 is 5.73 Å². The Morgan fingerprint density at radius 3 is 2.45 bits per heavy atom. The van der Waals surface area contributed by atoms with Crippen LogP contribution >= 0.6 is 12.2 Å². The van der Waals surface area contributed by atoms with Gasteiger partial charge in [0.2, 0.25) is 0 Å². The monoisotopic (exact) mass is 166 g/mol. The van der Waals surface area contributed by atoms with Crippen molar-refractivity contribution < 1.29 is 5.73 Å². The molecule has 0 atom stereocenters. The highest BCUT2D eigenvalue weighted by molar-refractivity contribution is 7.79. The molecule has 1 aromatic carbocycles. The molecule has 0 heterocycles. The predicted molar refractivity (Wildman–Crippen MR) is 50.2 cm³/mol. The summed E-state index contributed by atoms with van der Waals surface area (Å²) in [5.74, 6) is 0. The Labute approximate surface area is 72.2 Å². The molecule has 0 aliphatic rings. The molecule has 58 valence electrons. The Morgan fingerprint density at radius 1 is 1.27 bits per heavy atom. The Balaban J connectivity index is 2.45. The Kier molecular flexibility index (Phi) is 3.20. The van der Waals surface area contributed by atoms with Crippen LogP contribution in [0.1, 0.15) is 12.0 Å². The third-order valence-corrected chi connectivity index (χ3v) is 1.74. The summed E-state index contributed by atoms with van der Waals surface area (Å²) in [5, 5.41) is 0. The molecule has 1 nitrogen and oxygen atoms in total. The molecule has 0 spiro atoms. The number of hydrogen-bond donors (Lipinski definition) is 1. The molecule has 0 fully saturated rings. The van der Waals surface area contributed by atoms with E-state index in [0.717, 1.165) is 17.8 Å². The van der Waals surface area contributed by atoms with Gasteiger partial charge in [0.25, 0.3) is 0 Å². The van der Waals surface area contributed by atoms with Crippen molar-refractivity contribution in [3.63, 3.8) is 0 Å². The van der Waals surface area contributed by atoms with Crippen molar-refractivity contribution in [2.45, 2.75) is 12.8 Å². The van der Waals surface area contributed by atoms with Gasteiger partial charge in [0.15, 0.2) is 4.99 Å². The molecular formula is C9H12NS+. The second-order valence-corrected chi connectivity index (χ2v) is 3.10. The summed E-state index contributed by atoms with van der Waals surface area (Å²) in [6, 6.07) is 10.3. The lowest BCUT2D eigenvalue weighted by molar-refractivity contribution is -0.212. The number of benzene rings is 1. The molecule has 0 aliphatic carbocycles. The Bertz CT molecular complexity index is 231. The third kappa shape index (κ3) is 3.25. The van der Waals surface area contributed by atoms with Crippen LogP contribution in [0.15, 0.2) is 30.3 Å². The van der Waals surface area contributed by atoms with Crippen molar-refractivity contribution in [3.05, 3.63) is 35.9 Å². The minimum absolute atomic E-state index is 0.842. The molecule has 1 rings (SSSR count). The van der Waals surface area contributed by atoms with E-state index in [1.807, 2.05) is 18.2 Å². The maximum Gasteiger partial charge on any atom is 0.169 e. The maximum absolute atomic E-state index is 4.88. The minimum atomic E-state index is 0.842. The maximum atomic E-state index is 4.88. The number of quaternary nitrogens is 1. The van der Waals surface area contributed by atoms with Crippen molar-refractivity contribution in [3.8, 4) is 0 Å². The molecule has 0 saturated heterocycles. The number of aryl methyl sites for hydroxylation is 1. The van der Waals surface area contributed by atoms with Crippen molar-refractivity contribution in [1.82, 2.24) is 0 Å². The molecule has 3 N–H and O–H groups in total. The Hall–Kier alpha value is -0.730. The van der Waals surface area contributed by atoms with Crippen LogP contribution in [-0.4, -0.2) is 4.99 Å². The van der Waals surface area contributed by atoms with Gasteiger partial charge >= 0.3 is 0 Å². The van der Waals surface area contributed by atoms with Crippen LogP contribution in [0.5, 0.6) is 0 Å². The Morgan fingerprint density at radius 2 is 1.91 bits per heavy atom. The average molecular weight is 166 g/mol. The van der Waals surface area contributed by atoms with Gasteiger partial charge in [-0.3, -0.25) is 0 Å². The van der Waals surface area contributed by atoms with Crippen molar-refractivity contribution in [1.29, 1.82) is 0 Å². The molecule has 0 saturated carbocycles. The molecule has 0 aromatic heterocycles. The topological polar surface area (TPSA) is 27.6 Å². The first-order valence-corrected chi connectivity index (χ1v) is 4.08. The lowest BCUT2D eigenvalue weighted by Gasteiger charge is -1.95. The SMILES string of the molecule is [NH3+]C(=S)CCc1ccccc1. The summed E-state index contributed by atoms with van der Waals surface area (Å²) in [6.45, 7) is 0. The molecule has 2 heteroatoms. The number of hydrogen-bond acceptors (Lipinski definition) is 1. The van der Waals surface area contributed by atoms with E-state index in [1.165, 1.54) is 5.56 Å². The molecule has 0 unspecified atom stereocenters. The molecule has 0 aliphatic heterocycles. The van der Waals surface area contributed by atoms with E-state index in [9.17, 15) is 0 Å². The number of rotatable bonds is 3. The molecule has 11 heavy (non-hydrogen) atoms. The van der Waals surface area contributed by atoms with E-state index >= 15 is 0 Å². The minimum Gasteiger partial charge on any atom is -0.319 e. The summed E-state index contributed by atoms with van der Waals surface area (Å²) in [6.07, 6.45) is 1.93. The van der Waals surface area contributed by atoms with E-state index < -0.39 is 0 Å². The van der Waals surface area contributed by atoms with Gasteiger partial charge in [-0.2, -0.15) is 0 Å². The summed E-state index contributed by atoms with van der Waals surface area (Å²) in [5.41, 5.74) is 5.02. The first-order valence-electron chi connectivity index (χ1n) is 3.68. The zero-order valence-electron chi connectivity index (χ0n) is 6.42. The van der Waals surface area contributed by atoms with E-state index in [4.69, 9.17) is 12.2 Å². The molecule has 0 bridgehead atoms. The highest BCUT2D eigenvalue weighted by Gasteiger charge is 1.94. The third-order valence-electron chi connectivity index (χ3n) is 1.54. The van der Waals surface area contributed by atoms with E-state index in [1.54, 1.807) is 0 Å². The van der Waals surface area contributed by atoms with Gasteiger partial charge < -0.3 is 5.73 Å². The van der Waals surface area contributed by atoms with Gasteiger partial charge in [0, 0.05) is 6.42 Å². The van der Waals surface area contributed by atoms with Crippen LogP contribution in [-0.2, 0) is 6.42 Å². The summed E-state index contributed by atoms with van der Waals surface area (Å²) in [7, 11) is 0. The highest BCUT2D eigenvalue weighted by Crippen LogP contribution is 2.01. The van der Waals surface area contributed by atoms with Gasteiger partial charge in [-0.05, 0) is 24.2 Å². The van der Waals surface area contributed by atoms with Crippen molar-refractivity contribution in [2.75, 3.05) is 0 Å². The fraction of sp³-hybridized carbons (Fsp3) is 0.222. The van der Waals surface area contributed by atoms with E-state index in [2.05, 4.69) is 17.9 Å². The van der Waals surface area contributed by atoms with Crippen molar-refractivity contribution >= 4 is 17.2 Å². The van der Waals surface area contributed by atoms with Crippen LogP contribution in [0.3, 0.4) is 0 Å². The second-order valence-electron chi connectivity index (χ2n) is 2.52. The molecule has 0 radical (unpaired) electrons. The summed E-state index contributed by atoms with van der Waals surface area (Å²) >= 11 is 4.88. The molecule has 1 aromatic rings. The largest absolute Gasteiger partial charge is 0.319 e. The first-order chi connectivity index (χ1) is 5.29. The zero-order valence-corrected chi connectivity index (χ0v) is 7.23. The van der Waals surface area contributed by atoms with Crippen LogP contribution in [0.2, 0.25) is 0 Å². The molecule has 0 amide bonds. The summed E-state index contributed by atoms with van der Waals surface area (Å²) in [4.78, 5) is 0.842. The normalized spacial score (nSPS) is 9.55. The second kappa shape index (κ2) is 4.21. The van der Waals surface area contributed by atoms with Crippen LogP contribution in [0.25, 0.3) is 0 Å². The summed E-state index contributed by atoms with van der Waals surface area (Å²) < 4.78 is 0. The van der Waals surface area contributed by atoms with Crippen molar-refractivity contribution in [2.24, 2.45) is 0 Å².